The van der Waals surface area contributed by atoms with Crippen molar-refractivity contribution in [3.63, 3.8) is 0 Å². The molecule has 10 heteroatoms. The van der Waals surface area contributed by atoms with Crippen molar-refractivity contribution >= 4 is 45.0 Å². The molecular weight excluding hydrogens is 415 g/mol. The first-order chi connectivity index (χ1) is 13.1. The molecule has 0 aliphatic rings. The molecule has 0 saturated carbocycles. The Morgan fingerprint density at radius 3 is 2.57 bits per heavy atom. The monoisotopic (exact) mass is 427 g/mol. The minimum atomic E-state index is -4.65. The number of carbonyl (C=O) groups excluding carboxylic acids is 1. The third kappa shape index (κ3) is 4.49. The molecule has 1 unspecified atom stereocenters. The number of pyridine rings is 1. The summed E-state index contributed by atoms with van der Waals surface area (Å²) in [4.78, 5) is 15.6. The average molecular weight is 428 g/mol. The zero-order valence-corrected chi connectivity index (χ0v) is 15.7. The van der Waals surface area contributed by atoms with Gasteiger partial charge in [-0.1, -0.05) is 29.8 Å². The van der Waals surface area contributed by atoms with Crippen LogP contribution in [0.15, 0.2) is 53.6 Å². The number of halogens is 4. The number of hydrogen-bond donors (Lipinski definition) is 2. The molecule has 0 bridgehead atoms. The number of rotatable bonds is 4. The second-order valence-corrected chi connectivity index (χ2v) is 7.32. The van der Waals surface area contributed by atoms with Gasteiger partial charge < -0.3 is 5.32 Å². The van der Waals surface area contributed by atoms with Gasteiger partial charge in [-0.25, -0.2) is 9.35 Å². The summed E-state index contributed by atoms with van der Waals surface area (Å²) in [7, 11) is -2.07. The molecule has 146 valence electrons. The Morgan fingerprint density at radius 1 is 1.21 bits per heavy atom. The van der Waals surface area contributed by atoms with Gasteiger partial charge in [-0.05, 0) is 29.8 Å². The molecule has 0 saturated heterocycles. The van der Waals surface area contributed by atoms with E-state index in [9.17, 15) is 22.2 Å². The van der Waals surface area contributed by atoms with Gasteiger partial charge in [0, 0.05) is 27.7 Å². The highest BCUT2D eigenvalue weighted by Gasteiger charge is 2.32. The van der Waals surface area contributed by atoms with E-state index < -0.39 is 28.8 Å². The lowest BCUT2D eigenvalue weighted by molar-refractivity contribution is -0.141. The van der Waals surface area contributed by atoms with Crippen LogP contribution < -0.4 is 10.5 Å². The van der Waals surface area contributed by atoms with Crippen LogP contribution in [0.2, 0.25) is 5.02 Å². The number of alkyl halides is 3. The number of amides is 1. The smallest absolute Gasteiger partial charge is 0.326 e. The van der Waals surface area contributed by atoms with E-state index in [1.807, 2.05) is 0 Å². The van der Waals surface area contributed by atoms with Gasteiger partial charge in [-0.15, -0.1) is 0 Å². The van der Waals surface area contributed by atoms with E-state index in [1.165, 1.54) is 12.1 Å². The number of benzene rings is 2. The summed E-state index contributed by atoms with van der Waals surface area (Å²) in [6.45, 7) is 0. The topological polar surface area (TPSA) is 85.1 Å². The van der Waals surface area contributed by atoms with Gasteiger partial charge in [0.1, 0.15) is 16.7 Å². The van der Waals surface area contributed by atoms with E-state index in [-0.39, 0.29) is 27.8 Å². The predicted molar refractivity (Wildman–Crippen MR) is 101 cm³/mol. The third-order valence-electron chi connectivity index (χ3n) is 3.90. The number of carbonyl (C=O) groups is 1. The lowest BCUT2D eigenvalue weighted by Gasteiger charge is -2.12. The predicted octanol–water partition coefficient (Wildman–Crippen LogP) is 4.07. The summed E-state index contributed by atoms with van der Waals surface area (Å²) in [6.07, 6.45) is -3.66. The van der Waals surface area contributed by atoms with E-state index in [2.05, 4.69) is 10.3 Å². The molecule has 28 heavy (non-hydrogen) atoms. The van der Waals surface area contributed by atoms with Gasteiger partial charge >= 0.3 is 6.18 Å². The fraction of sp³-hybridized carbons (Fsp3) is 0.111. The minimum absolute atomic E-state index is 0.00990. The van der Waals surface area contributed by atoms with Crippen LogP contribution >= 0.6 is 11.6 Å². The quantitative estimate of drug-likeness (QED) is 0.658. The summed E-state index contributed by atoms with van der Waals surface area (Å²) in [5.41, 5.74) is -0.274. The molecule has 0 spiro atoms. The molecule has 1 aromatic heterocycles. The largest absolute Gasteiger partial charge is 0.433 e. The Balaban J connectivity index is 1.95. The second kappa shape index (κ2) is 7.86. The molecule has 5 nitrogen and oxygen atoms in total. The fourth-order valence-corrected chi connectivity index (χ4v) is 3.48. The Morgan fingerprint density at radius 2 is 1.93 bits per heavy atom. The molecular formula is C18H13ClF3N3O2S. The molecule has 0 aliphatic carbocycles. The lowest BCUT2D eigenvalue weighted by Crippen LogP contribution is -2.15. The number of fused-ring (bicyclic) bond motifs is 1. The van der Waals surface area contributed by atoms with Crippen molar-refractivity contribution in [1.82, 2.24) is 4.98 Å². The van der Waals surface area contributed by atoms with Crippen LogP contribution in [-0.4, -0.2) is 15.1 Å². The van der Waals surface area contributed by atoms with E-state index in [0.717, 1.165) is 12.3 Å². The highest BCUT2D eigenvalue weighted by atomic mass is 35.5. The Bertz CT molecular complexity index is 1090. The molecule has 0 radical (unpaired) electrons. The van der Waals surface area contributed by atoms with Crippen molar-refractivity contribution in [2.24, 2.45) is 5.14 Å². The van der Waals surface area contributed by atoms with E-state index >= 15 is 0 Å². The van der Waals surface area contributed by atoms with Gasteiger partial charge in [-0.2, -0.15) is 13.2 Å². The second-order valence-electron chi connectivity index (χ2n) is 5.88. The van der Waals surface area contributed by atoms with Gasteiger partial charge in [0.2, 0.25) is 5.91 Å². The first-order valence-electron chi connectivity index (χ1n) is 7.85. The van der Waals surface area contributed by atoms with Crippen molar-refractivity contribution in [2.45, 2.75) is 17.5 Å². The zero-order valence-electron chi connectivity index (χ0n) is 14.1. The van der Waals surface area contributed by atoms with Crippen molar-refractivity contribution in [3.05, 3.63) is 64.9 Å². The summed E-state index contributed by atoms with van der Waals surface area (Å²) in [6, 6.07) is 10.3. The van der Waals surface area contributed by atoms with Crippen molar-refractivity contribution in [1.29, 1.82) is 0 Å². The van der Waals surface area contributed by atoms with Gasteiger partial charge in [-0.3, -0.25) is 9.78 Å². The maximum atomic E-state index is 12.9. The van der Waals surface area contributed by atoms with Gasteiger partial charge in [0.15, 0.2) is 0 Å². The molecule has 3 N–H and O–H groups in total. The fourth-order valence-electron chi connectivity index (χ4n) is 2.64. The standard InChI is InChI=1S/C18H13ClF3N3O2S/c19-14-4-2-1-3-10(14)6-17(26)25-12-5-11-9-24-16(18(20,21)22)8-13(11)15(7-12)28(23)27/h1-5,7-9H,6,23H2,(H,25,26). The first-order valence-corrected chi connectivity index (χ1v) is 9.44. The van der Waals surface area contributed by atoms with Gasteiger partial charge in [0.05, 0.1) is 11.3 Å². The van der Waals surface area contributed by atoms with Crippen LogP contribution in [0.1, 0.15) is 11.3 Å². The lowest BCUT2D eigenvalue weighted by atomic mass is 10.1. The summed E-state index contributed by atoms with van der Waals surface area (Å²) in [5, 5.41) is 8.78. The maximum Gasteiger partial charge on any atom is 0.433 e. The number of nitrogens with zero attached hydrogens (tertiary/aromatic N) is 1. The summed E-state index contributed by atoms with van der Waals surface area (Å²) < 4.78 is 50.6. The molecule has 3 rings (SSSR count). The molecule has 0 aliphatic heterocycles. The zero-order chi connectivity index (χ0) is 20.5. The third-order valence-corrected chi connectivity index (χ3v) is 5.04. The van der Waals surface area contributed by atoms with E-state index in [1.54, 1.807) is 24.3 Å². The molecule has 1 amide bonds. The van der Waals surface area contributed by atoms with Crippen LogP contribution in [0.4, 0.5) is 18.9 Å². The van der Waals surface area contributed by atoms with Crippen LogP contribution in [-0.2, 0) is 28.4 Å². The minimum Gasteiger partial charge on any atom is -0.326 e. The van der Waals surface area contributed by atoms with E-state index in [4.69, 9.17) is 16.7 Å². The van der Waals surface area contributed by atoms with Crippen LogP contribution in [0.3, 0.4) is 0 Å². The molecule has 1 heterocycles. The normalized spacial score (nSPS) is 12.8. The van der Waals surface area contributed by atoms with Crippen molar-refractivity contribution < 1.29 is 22.2 Å². The molecule has 0 fully saturated rings. The SMILES string of the molecule is NS(=O)c1cc(NC(=O)Cc2ccccc2Cl)cc2cnc(C(F)(F)F)cc12. The highest BCUT2D eigenvalue weighted by molar-refractivity contribution is 7.83. The Kier molecular flexibility index (Phi) is 5.69. The van der Waals surface area contributed by atoms with Crippen LogP contribution in [0.25, 0.3) is 10.8 Å². The number of nitrogens with two attached hydrogens (primary N) is 1. The van der Waals surface area contributed by atoms with Gasteiger partial charge in [0.25, 0.3) is 0 Å². The Labute approximate surface area is 165 Å². The number of aromatic nitrogens is 1. The van der Waals surface area contributed by atoms with Crippen molar-refractivity contribution in [3.8, 4) is 0 Å². The van der Waals surface area contributed by atoms with Crippen LogP contribution in [0, 0.1) is 0 Å². The molecule has 1 atom stereocenters. The average Bonchev–Trinajstić information content (AvgIpc) is 2.61. The molecule has 2 aromatic carbocycles. The van der Waals surface area contributed by atoms with Crippen molar-refractivity contribution in [2.75, 3.05) is 5.32 Å². The highest BCUT2D eigenvalue weighted by Crippen LogP contribution is 2.32. The Hall–Kier alpha value is -2.49. The first kappa shape index (κ1) is 20.2. The number of hydrogen-bond acceptors (Lipinski definition) is 3. The maximum absolute atomic E-state index is 12.9. The number of anilines is 1. The number of nitrogens with one attached hydrogen (secondary N) is 1. The summed E-state index contributed by atoms with van der Waals surface area (Å²) >= 11 is 6.03. The van der Waals surface area contributed by atoms with Crippen LogP contribution in [0.5, 0.6) is 0 Å². The van der Waals surface area contributed by atoms with E-state index in [0.29, 0.717) is 10.6 Å². The summed E-state index contributed by atoms with van der Waals surface area (Å²) in [5.74, 6) is -0.402. The molecule has 3 aromatic rings.